The molecule has 0 saturated carbocycles. The minimum Gasteiger partial charge on any atom is -0.501 e. The fraction of sp³-hybridized carbons (Fsp3) is 0.333. The molecule has 2 aromatic rings. The summed E-state index contributed by atoms with van der Waals surface area (Å²) in [6.07, 6.45) is -0.671. The first-order chi connectivity index (χ1) is 11.7. The van der Waals surface area contributed by atoms with Crippen molar-refractivity contribution in [2.24, 2.45) is 13.0 Å². The van der Waals surface area contributed by atoms with Crippen molar-refractivity contribution in [3.63, 3.8) is 0 Å². The Morgan fingerprint density at radius 3 is 2.72 bits per heavy atom. The van der Waals surface area contributed by atoms with Gasteiger partial charge in [0.25, 0.3) is 5.56 Å². The molecule has 0 atom stereocenters. The highest BCUT2D eigenvalue weighted by Crippen LogP contribution is 2.32. The van der Waals surface area contributed by atoms with Crippen LogP contribution in [-0.2, 0) is 11.8 Å². The van der Waals surface area contributed by atoms with E-state index < -0.39 is 29.1 Å². The Hall–Kier alpha value is -2.88. The average molecular weight is 367 g/mol. The van der Waals surface area contributed by atoms with E-state index >= 15 is 0 Å². The molecule has 0 aliphatic rings. The van der Waals surface area contributed by atoms with Gasteiger partial charge in [-0.2, -0.15) is 0 Å². The molecule has 3 N–H and O–H groups in total. The maximum Gasteiger partial charge on any atom is 0.411 e. The summed E-state index contributed by atoms with van der Waals surface area (Å²) in [6, 6.07) is 1.58. The highest BCUT2D eigenvalue weighted by molar-refractivity contribution is 7.14. The summed E-state index contributed by atoms with van der Waals surface area (Å²) < 4.78 is 6.05. The molecule has 25 heavy (non-hydrogen) atoms. The topological polar surface area (TPSA) is 131 Å². The molecule has 0 unspecified atom stereocenters. The van der Waals surface area contributed by atoms with Crippen LogP contribution in [0.2, 0.25) is 0 Å². The fourth-order valence-electron chi connectivity index (χ4n) is 1.91. The second kappa shape index (κ2) is 7.34. The van der Waals surface area contributed by atoms with Gasteiger partial charge < -0.3 is 14.9 Å². The minimum absolute atomic E-state index is 0.00867. The van der Waals surface area contributed by atoms with Gasteiger partial charge in [0.05, 0.1) is 17.2 Å². The maximum atomic E-state index is 12.0. The number of nitrogens with one attached hydrogen (secondary N) is 1. The Kier molecular flexibility index (Phi) is 5.42. The van der Waals surface area contributed by atoms with E-state index in [0.717, 1.165) is 15.9 Å². The van der Waals surface area contributed by atoms with Crippen LogP contribution < -0.4 is 10.9 Å². The molecule has 1 amide bonds. The average Bonchev–Trinajstić information content (AvgIpc) is 2.98. The summed E-state index contributed by atoms with van der Waals surface area (Å²) in [5.41, 5.74) is -1.33. The molecule has 0 spiro atoms. The van der Waals surface area contributed by atoms with Crippen molar-refractivity contribution in [1.29, 1.82) is 0 Å². The van der Waals surface area contributed by atoms with Gasteiger partial charge in [-0.3, -0.25) is 14.7 Å². The number of nitrogens with zero attached hydrogens (tertiary/aromatic N) is 2. The summed E-state index contributed by atoms with van der Waals surface area (Å²) in [6.45, 7) is 4.03. The lowest BCUT2D eigenvalue weighted by Crippen LogP contribution is -2.23. The largest absolute Gasteiger partial charge is 0.501 e. The van der Waals surface area contributed by atoms with Crippen molar-refractivity contribution in [1.82, 2.24) is 9.55 Å². The third-order valence-electron chi connectivity index (χ3n) is 3.12. The summed E-state index contributed by atoms with van der Waals surface area (Å²) in [5, 5.41) is 22.9. The van der Waals surface area contributed by atoms with E-state index in [1.54, 1.807) is 11.4 Å². The quantitative estimate of drug-likeness (QED) is 0.737. The van der Waals surface area contributed by atoms with Crippen LogP contribution in [0.4, 0.5) is 10.5 Å². The molecule has 0 fully saturated rings. The van der Waals surface area contributed by atoms with Crippen LogP contribution in [0, 0.1) is 5.92 Å². The number of carboxylic acid groups (broad SMARTS) is 1. The van der Waals surface area contributed by atoms with Gasteiger partial charge in [-0.05, 0) is 17.4 Å². The van der Waals surface area contributed by atoms with Gasteiger partial charge in [0.2, 0.25) is 5.75 Å². The molecule has 134 valence electrons. The Bertz CT molecular complexity index is 871. The molecule has 0 aliphatic carbocycles. The van der Waals surface area contributed by atoms with Gasteiger partial charge in [0.1, 0.15) is 0 Å². The standard InChI is InChI=1S/C15H17N3O6S/c1-7(2)6-24-15(23)16-8-4-5-25-11(8)12-17-9(14(21)22)10(19)13(20)18(12)3/h4-5,7,19H,6H2,1-3H3,(H,16,23)(H,21,22). The van der Waals surface area contributed by atoms with Crippen molar-refractivity contribution in [2.45, 2.75) is 13.8 Å². The van der Waals surface area contributed by atoms with Crippen molar-refractivity contribution in [2.75, 3.05) is 11.9 Å². The minimum atomic E-state index is -1.53. The van der Waals surface area contributed by atoms with Crippen LogP contribution in [-0.4, -0.2) is 38.4 Å². The Morgan fingerprint density at radius 1 is 1.44 bits per heavy atom. The van der Waals surface area contributed by atoms with Crippen molar-refractivity contribution in [3.8, 4) is 16.5 Å². The number of anilines is 1. The van der Waals surface area contributed by atoms with E-state index in [1.807, 2.05) is 13.8 Å². The van der Waals surface area contributed by atoms with Crippen LogP contribution in [0.15, 0.2) is 16.2 Å². The molecule has 0 bridgehead atoms. The van der Waals surface area contributed by atoms with E-state index in [1.165, 1.54) is 7.05 Å². The van der Waals surface area contributed by atoms with Crippen molar-refractivity contribution < 1.29 is 24.5 Å². The number of hydrogen-bond acceptors (Lipinski definition) is 7. The molecule has 0 aliphatic heterocycles. The maximum absolute atomic E-state index is 12.0. The predicted octanol–water partition coefficient (Wildman–Crippen LogP) is 2.12. The number of hydrogen-bond donors (Lipinski definition) is 3. The number of carbonyl (C=O) groups is 2. The first-order valence-electron chi connectivity index (χ1n) is 7.27. The second-order valence-corrected chi connectivity index (χ2v) is 6.50. The van der Waals surface area contributed by atoms with Crippen LogP contribution >= 0.6 is 11.3 Å². The Balaban J connectivity index is 2.41. The highest BCUT2D eigenvalue weighted by Gasteiger charge is 2.22. The fourth-order valence-corrected chi connectivity index (χ4v) is 2.79. The summed E-state index contributed by atoms with van der Waals surface area (Å²) in [7, 11) is 1.34. The number of thiophene rings is 1. The zero-order chi connectivity index (χ0) is 18.7. The first kappa shape index (κ1) is 18.5. The van der Waals surface area contributed by atoms with E-state index in [9.17, 15) is 19.5 Å². The van der Waals surface area contributed by atoms with Gasteiger partial charge in [0, 0.05) is 7.05 Å². The van der Waals surface area contributed by atoms with Gasteiger partial charge in [-0.25, -0.2) is 14.6 Å². The summed E-state index contributed by atoms with van der Waals surface area (Å²) in [4.78, 5) is 39.2. The zero-order valence-corrected chi connectivity index (χ0v) is 14.6. The molecule has 0 saturated heterocycles. The van der Waals surface area contributed by atoms with E-state index in [0.29, 0.717) is 10.6 Å². The van der Waals surface area contributed by atoms with Crippen molar-refractivity contribution in [3.05, 3.63) is 27.5 Å². The molecule has 2 heterocycles. The number of carboxylic acids is 1. The van der Waals surface area contributed by atoms with Crippen molar-refractivity contribution >= 4 is 29.1 Å². The molecule has 9 nitrogen and oxygen atoms in total. The summed E-state index contributed by atoms with van der Waals surface area (Å²) >= 11 is 1.15. The van der Waals surface area contributed by atoms with Crippen LogP contribution in [0.1, 0.15) is 24.3 Å². The molecular formula is C15H17N3O6S. The number of carbonyl (C=O) groups excluding carboxylic acids is 1. The van der Waals surface area contributed by atoms with E-state index in [2.05, 4.69) is 10.3 Å². The van der Waals surface area contributed by atoms with Gasteiger partial charge in [-0.1, -0.05) is 13.8 Å². The Morgan fingerprint density at radius 2 is 2.12 bits per heavy atom. The van der Waals surface area contributed by atoms with Gasteiger partial charge in [0.15, 0.2) is 11.5 Å². The lowest BCUT2D eigenvalue weighted by atomic mass is 10.2. The number of rotatable bonds is 5. The van der Waals surface area contributed by atoms with Gasteiger partial charge in [-0.15, -0.1) is 11.3 Å². The predicted molar refractivity (Wildman–Crippen MR) is 91.2 cm³/mol. The van der Waals surface area contributed by atoms with Crippen LogP contribution in [0.5, 0.6) is 5.75 Å². The van der Waals surface area contributed by atoms with Crippen LogP contribution in [0.25, 0.3) is 10.7 Å². The third-order valence-corrected chi connectivity index (χ3v) is 4.03. The zero-order valence-electron chi connectivity index (χ0n) is 13.8. The van der Waals surface area contributed by atoms with Gasteiger partial charge >= 0.3 is 12.1 Å². The van der Waals surface area contributed by atoms with Crippen LogP contribution in [0.3, 0.4) is 0 Å². The lowest BCUT2D eigenvalue weighted by molar-refractivity contribution is 0.0686. The lowest BCUT2D eigenvalue weighted by Gasteiger charge is -2.12. The normalized spacial score (nSPS) is 10.7. The number of aromatic hydroxyl groups is 1. The molecule has 10 heteroatoms. The Labute approximate surface area is 146 Å². The number of aromatic nitrogens is 2. The molecule has 2 rings (SSSR count). The number of aromatic carboxylic acids is 1. The monoisotopic (exact) mass is 367 g/mol. The highest BCUT2D eigenvalue weighted by atomic mass is 32.1. The molecule has 0 aromatic carbocycles. The number of ether oxygens (including phenoxy) is 1. The smallest absolute Gasteiger partial charge is 0.411 e. The SMILES string of the molecule is CC(C)COC(=O)Nc1ccsc1-c1nc(C(=O)O)c(O)c(=O)n1C. The number of amides is 1. The first-order valence-corrected chi connectivity index (χ1v) is 8.15. The van der Waals surface area contributed by atoms with E-state index in [-0.39, 0.29) is 18.3 Å². The second-order valence-electron chi connectivity index (χ2n) is 5.58. The van der Waals surface area contributed by atoms with E-state index in [4.69, 9.17) is 9.84 Å². The third kappa shape index (κ3) is 3.97. The molecule has 2 aromatic heterocycles. The molecule has 0 radical (unpaired) electrons. The molecular weight excluding hydrogens is 350 g/mol. The summed E-state index contributed by atoms with van der Waals surface area (Å²) in [5.74, 6) is -2.29.